The molecule has 20 heavy (non-hydrogen) atoms. The third kappa shape index (κ3) is 2.37. The molecule has 0 amide bonds. The van der Waals surface area contributed by atoms with E-state index in [1.165, 1.54) is 38.4 Å². The van der Waals surface area contributed by atoms with Gasteiger partial charge in [-0.2, -0.15) is 0 Å². The molecule has 7 heteroatoms. The summed E-state index contributed by atoms with van der Waals surface area (Å²) in [5.74, 6) is -1.02. The predicted molar refractivity (Wildman–Crippen MR) is 73.7 cm³/mol. The first-order valence-electron chi connectivity index (χ1n) is 5.85. The van der Waals surface area contributed by atoms with Gasteiger partial charge in [0.05, 0.1) is 10.3 Å². The number of carboxylic acid groups (broad SMARTS) is 1. The summed E-state index contributed by atoms with van der Waals surface area (Å²) in [6, 6.07) is 4.46. The van der Waals surface area contributed by atoms with Crippen molar-refractivity contribution in [2.45, 2.75) is 19.4 Å². The molecule has 0 aliphatic heterocycles. The maximum absolute atomic E-state index is 11.2. The van der Waals surface area contributed by atoms with Gasteiger partial charge in [-0.3, -0.25) is 15.1 Å². The van der Waals surface area contributed by atoms with E-state index in [0.29, 0.717) is 16.5 Å². The number of hydrogen-bond donors (Lipinski definition) is 2. The second kappa shape index (κ2) is 4.76. The molecule has 1 heterocycles. The molecule has 0 aliphatic carbocycles. The number of nitro groups is 1. The highest BCUT2D eigenvalue weighted by Gasteiger charge is 2.28. The van der Waals surface area contributed by atoms with Crippen LogP contribution in [-0.4, -0.2) is 26.5 Å². The van der Waals surface area contributed by atoms with Gasteiger partial charge in [0.1, 0.15) is 5.54 Å². The first kappa shape index (κ1) is 13.7. The Hall–Kier alpha value is -2.70. The summed E-state index contributed by atoms with van der Waals surface area (Å²) in [6.07, 6.45) is 2.90. The minimum Gasteiger partial charge on any atom is -0.480 e. The number of hydrogen-bond acceptors (Lipinski definition) is 5. The van der Waals surface area contributed by atoms with Crippen molar-refractivity contribution in [2.24, 2.45) is 0 Å². The van der Waals surface area contributed by atoms with Crippen LogP contribution in [0.5, 0.6) is 0 Å². The van der Waals surface area contributed by atoms with Gasteiger partial charge in [0, 0.05) is 29.5 Å². The zero-order valence-corrected chi connectivity index (χ0v) is 11.0. The second-order valence-corrected chi connectivity index (χ2v) is 4.87. The lowest BCUT2D eigenvalue weighted by atomic mass is 10.0. The van der Waals surface area contributed by atoms with E-state index < -0.39 is 16.4 Å². The molecule has 0 atom stereocenters. The summed E-state index contributed by atoms with van der Waals surface area (Å²) in [6.45, 7) is 3.04. The van der Waals surface area contributed by atoms with Gasteiger partial charge >= 0.3 is 5.97 Å². The van der Waals surface area contributed by atoms with E-state index in [0.717, 1.165) is 0 Å². The Morgan fingerprint density at radius 3 is 2.65 bits per heavy atom. The molecule has 0 aliphatic rings. The van der Waals surface area contributed by atoms with Crippen molar-refractivity contribution in [3.05, 3.63) is 40.7 Å². The van der Waals surface area contributed by atoms with Gasteiger partial charge in [0.15, 0.2) is 0 Å². The minimum absolute atomic E-state index is 0.0632. The Balaban J connectivity index is 2.60. The predicted octanol–water partition coefficient (Wildman–Crippen LogP) is 2.42. The molecule has 1 aromatic carbocycles. The van der Waals surface area contributed by atoms with Crippen molar-refractivity contribution in [1.29, 1.82) is 0 Å². The Morgan fingerprint density at radius 1 is 1.35 bits per heavy atom. The highest BCUT2D eigenvalue weighted by molar-refractivity contribution is 6.00. The molecule has 2 aromatic rings. The lowest BCUT2D eigenvalue weighted by molar-refractivity contribution is -0.383. The van der Waals surface area contributed by atoms with E-state index in [-0.39, 0.29) is 5.69 Å². The highest BCUT2D eigenvalue weighted by atomic mass is 16.6. The third-order valence-corrected chi connectivity index (χ3v) is 2.97. The molecular formula is C13H13N3O4. The van der Waals surface area contributed by atoms with Crippen LogP contribution in [0.4, 0.5) is 11.4 Å². The van der Waals surface area contributed by atoms with Gasteiger partial charge in [-0.05, 0) is 26.0 Å². The Kier molecular flexibility index (Phi) is 3.27. The van der Waals surface area contributed by atoms with Gasteiger partial charge in [-0.1, -0.05) is 0 Å². The lowest BCUT2D eigenvalue weighted by Gasteiger charge is -2.23. The van der Waals surface area contributed by atoms with Gasteiger partial charge in [-0.25, -0.2) is 4.79 Å². The quantitative estimate of drug-likeness (QED) is 0.655. The van der Waals surface area contributed by atoms with Crippen LogP contribution in [0, 0.1) is 10.1 Å². The van der Waals surface area contributed by atoms with Crippen LogP contribution in [0.1, 0.15) is 13.8 Å². The average Bonchev–Trinajstić information content (AvgIpc) is 2.38. The number of nitrogens with one attached hydrogen (secondary N) is 1. The summed E-state index contributed by atoms with van der Waals surface area (Å²) in [4.78, 5) is 25.5. The Morgan fingerprint density at radius 2 is 2.05 bits per heavy atom. The van der Waals surface area contributed by atoms with E-state index in [1.807, 2.05) is 0 Å². The maximum Gasteiger partial charge on any atom is 0.328 e. The molecule has 0 unspecified atom stereocenters. The summed E-state index contributed by atoms with van der Waals surface area (Å²) in [7, 11) is 0. The van der Waals surface area contributed by atoms with Crippen LogP contribution in [0.2, 0.25) is 0 Å². The number of aromatic nitrogens is 1. The molecule has 2 N–H and O–H groups in total. The van der Waals surface area contributed by atoms with E-state index in [9.17, 15) is 14.9 Å². The zero-order valence-electron chi connectivity index (χ0n) is 11.0. The lowest BCUT2D eigenvalue weighted by Crippen LogP contribution is -2.40. The summed E-state index contributed by atoms with van der Waals surface area (Å²) >= 11 is 0. The Labute approximate surface area is 114 Å². The maximum atomic E-state index is 11.2. The molecule has 0 saturated heterocycles. The van der Waals surface area contributed by atoms with E-state index in [4.69, 9.17) is 5.11 Å². The van der Waals surface area contributed by atoms with Crippen LogP contribution in [0.25, 0.3) is 10.8 Å². The third-order valence-electron chi connectivity index (χ3n) is 2.97. The van der Waals surface area contributed by atoms with Crippen molar-refractivity contribution in [3.8, 4) is 0 Å². The van der Waals surface area contributed by atoms with Crippen LogP contribution < -0.4 is 5.32 Å². The molecule has 0 spiro atoms. The first-order chi connectivity index (χ1) is 9.33. The van der Waals surface area contributed by atoms with Crippen LogP contribution in [-0.2, 0) is 4.79 Å². The smallest absolute Gasteiger partial charge is 0.328 e. The van der Waals surface area contributed by atoms with Crippen LogP contribution in [0.3, 0.4) is 0 Å². The zero-order chi connectivity index (χ0) is 14.9. The van der Waals surface area contributed by atoms with E-state index >= 15 is 0 Å². The molecule has 0 radical (unpaired) electrons. The summed E-state index contributed by atoms with van der Waals surface area (Å²) in [5.41, 5.74) is -0.737. The number of nitro benzene ring substituents is 1. The van der Waals surface area contributed by atoms with Gasteiger partial charge in [-0.15, -0.1) is 0 Å². The number of benzene rings is 1. The molecule has 1 aromatic heterocycles. The van der Waals surface area contributed by atoms with Gasteiger partial charge < -0.3 is 10.4 Å². The van der Waals surface area contributed by atoms with E-state index in [2.05, 4.69) is 10.3 Å². The molecule has 7 nitrogen and oxygen atoms in total. The van der Waals surface area contributed by atoms with Crippen molar-refractivity contribution >= 4 is 28.1 Å². The molecule has 0 bridgehead atoms. The molecule has 0 saturated carbocycles. The number of nitrogens with zero attached hydrogens (tertiary/aromatic N) is 2. The van der Waals surface area contributed by atoms with Crippen LogP contribution in [0.15, 0.2) is 30.6 Å². The second-order valence-electron chi connectivity index (χ2n) is 4.87. The summed E-state index contributed by atoms with van der Waals surface area (Å²) in [5, 5.41) is 23.9. The number of carbonyl (C=O) groups is 1. The number of rotatable bonds is 4. The fraction of sp³-hybridized carbons (Fsp3) is 0.231. The van der Waals surface area contributed by atoms with Crippen LogP contribution >= 0.6 is 0 Å². The van der Waals surface area contributed by atoms with Crippen molar-refractivity contribution in [3.63, 3.8) is 0 Å². The normalized spacial score (nSPS) is 11.3. The standard InChI is InChI=1S/C13H13N3O4/c1-13(2,12(17)18)15-10-3-4-11(16(19)20)9-7-14-6-5-8(9)10/h3-7,15H,1-2H3,(H,17,18). The highest BCUT2D eigenvalue weighted by Crippen LogP contribution is 2.32. The SMILES string of the molecule is CC(C)(Nc1ccc([N+](=O)[O-])c2cnccc12)C(=O)O. The van der Waals surface area contributed by atoms with Gasteiger partial charge in [0.2, 0.25) is 0 Å². The fourth-order valence-corrected chi connectivity index (χ4v) is 1.83. The van der Waals surface area contributed by atoms with Gasteiger partial charge in [0.25, 0.3) is 5.69 Å². The first-order valence-corrected chi connectivity index (χ1v) is 5.85. The molecule has 104 valence electrons. The number of non-ortho nitro benzene ring substituents is 1. The number of fused-ring (bicyclic) bond motifs is 1. The monoisotopic (exact) mass is 275 g/mol. The van der Waals surface area contributed by atoms with Crippen molar-refractivity contribution in [1.82, 2.24) is 4.98 Å². The largest absolute Gasteiger partial charge is 0.480 e. The number of pyridine rings is 1. The Bertz CT molecular complexity index is 697. The number of carboxylic acids is 1. The van der Waals surface area contributed by atoms with E-state index in [1.54, 1.807) is 6.07 Å². The molecule has 2 rings (SSSR count). The fourth-order valence-electron chi connectivity index (χ4n) is 1.83. The summed E-state index contributed by atoms with van der Waals surface area (Å²) < 4.78 is 0. The number of anilines is 1. The average molecular weight is 275 g/mol. The van der Waals surface area contributed by atoms with Crippen molar-refractivity contribution < 1.29 is 14.8 Å². The minimum atomic E-state index is -1.19. The number of aliphatic carboxylic acids is 1. The molecular weight excluding hydrogens is 262 g/mol. The topological polar surface area (TPSA) is 105 Å². The van der Waals surface area contributed by atoms with Crippen molar-refractivity contribution in [2.75, 3.05) is 5.32 Å². The molecule has 0 fully saturated rings.